The summed E-state index contributed by atoms with van der Waals surface area (Å²) in [6.07, 6.45) is 4.38. The lowest BCUT2D eigenvalue weighted by molar-refractivity contribution is 0.0937. The summed E-state index contributed by atoms with van der Waals surface area (Å²) < 4.78 is 30.2. The summed E-state index contributed by atoms with van der Waals surface area (Å²) in [6, 6.07) is 6.40. The van der Waals surface area contributed by atoms with Crippen LogP contribution in [0.1, 0.15) is 29.6 Å². The Bertz CT molecular complexity index is 612. The van der Waals surface area contributed by atoms with Crippen molar-refractivity contribution in [1.82, 2.24) is 5.32 Å². The van der Waals surface area contributed by atoms with E-state index in [1.54, 1.807) is 18.2 Å². The van der Waals surface area contributed by atoms with Gasteiger partial charge in [-0.25, -0.2) is 8.42 Å². The van der Waals surface area contributed by atoms with Gasteiger partial charge in [-0.15, -0.1) is 0 Å². The predicted octanol–water partition coefficient (Wildman–Crippen LogP) is 1.60. The number of ether oxygens (including phenoxy) is 1. The molecule has 1 fully saturated rings. The summed E-state index contributed by atoms with van der Waals surface area (Å²) >= 11 is 0. The van der Waals surface area contributed by atoms with Crippen molar-refractivity contribution in [3.63, 3.8) is 0 Å². The molecule has 0 radical (unpaired) electrons. The van der Waals surface area contributed by atoms with Crippen LogP contribution in [-0.2, 0) is 14.8 Å². The van der Waals surface area contributed by atoms with Crippen LogP contribution in [-0.4, -0.2) is 40.3 Å². The van der Waals surface area contributed by atoms with Gasteiger partial charge in [0.1, 0.15) is 0 Å². The molecular formula is C15H22N2O4S. The zero-order chi connectivity index (χ0) is 16.0. The van der Waals surface area contributed by atoms with E-state index < -0.39 is 10.0 Å². The van der Waals surface area contributed by atoms with E-state index in [-0.39, 0.29) is 5.91 Å². The van der Waals surface area contributed by atoms with Gasteiger partial charge in [-0.05, 0) is 43.4 Å². The third-order valence-electron chi connectivity index (χ3n) is 3.23. The van der Waals surface area contributed by atoms with Crippen LogP contribution in [0, 0.1) is 5.92 Å². The van der Waals surface area contributed by atoms with Gasteiger partial charge in [0.25, 0.3) is 5.91 Å². The summed E-state index contributed by atoms with van der Waals surface area (Å²) in [5.74, 6) is 0.527. The van der Waals surface area contributed by atoms with E-state index in [1.807, 2.05) is 0 Å². The molecule has 2 N–H and O–H groups in total. The highest BCUT2D eigenvalue weighted by atomic mass is 32.2. The lowest BCUT2D eigenvalue weighted by atomic mass is 10.2. The van der Waals surface area contributed by atoms with Crippen LogP contribution in [0.25, 0.3) is 0 Å². The largest absolute Gasteiger partial charge is 0.381 e. The smallest absolute Gasteiger partial charge is 0.251 e. The Kier molecular flexibility index (Phi) is 5.79. The van der Waals surface area contributed by atoms with Gasteiger partial charge in [-0.3, -0.25) is 9.52 Å². The van der Waals surface area contributed by atoms with E-state index in [4.69, 9.17) is 4.74 Å². The first-order valence-electron chi connectivity index (χ1n) is 7.38. The van der Waals surface area contributed by atoms with Crippen molar-refractivity contribution in [2.75, 3.05) is 30.7 Å². The minimum atomic E-state index is -3.35. The number of hydrogen-bond acceptors (Lipinski definition) is 4. The summed E-state index contributed by atoms with van der Waals surface area (Å²) in [4.78, 5) is 12.0. The number of nitrogens with one attached hydrogen (secondary N) is 2. The molecule has 0 heterocycles. The number of carbonyl (C=O) groups excluding carboxylic acids is 1. The average molecular weight is 326 g/mol. The van der Waals surface area contributed by atoms with E-state index in [1.165, 1.54) is 18.9 Å². The SMILES string of the molecule is CS(=O)(=O)Nc1cccc(C(=O)NCCCOCC2CC2)c1. The van der Waals surface area contributed by atoms with Gasteiger partial charge in [0.15, 0.2) is 0 Å². The normalized spacial score (nSPS) is 14.6. The van der Waals surface area contributed by atoms with Crippen molar-refractivity contribution in [1.29, 1.82) is 0 Å². The fourth-order valence-electron chi connectivity index (χ4n) is 1.95. The summed E-state index contributed by atoms with van der Waals surface area (Å²) in [5.41, 5.74) is 0.801. The van der Waals surface area contributed by atoms with Crippen LogP contribution >= 0.6 is 0 Å². The highest BCUT2D eigenvalue weighted by molar-refractivity contribution is 7.92. The minimum Gasteiger partial charge on any atom is -0.381 e. The topological polar surface area (TPSA) is 84.5 Å². The van der Waals surface area contributed by atoms with E-state index >= 15 is 0 Å². The molecular weight excluding hydrogens is 304 g/mol. The quantitative estimate of drug-likeness (QED) is 0.675. The van der Waals surface area contributed by atoms with Crippen molar-refractivity contribution in [2.24, 2.45) is 5.92 Å². The highest BCUT2D eigenvalue weighted by Gasteiger charge is 2.20. The van der Waals surface area contributed by atoms with Gasteiger partial charge in [0.05, 0.1) is 6.26 Å². The van der Waals surface area contributed by atoms with Gasteiger partial charge in [-0.1, -0.05) is 6.07 Å². The first kappa shape index (κ1) is 16.8. The van der Waals surface area contributed by atoms with E-state index in [2.05, 4.69) is 10.0 Å². The molecule has 22 heavy (non-hydrogen) atoms. The lowest BCUT2D eigenvalue weighted by Gasteiger charge is -2.08. The molecule has 1 aromatic carbocycles. The molecule has 1 aliphatic carbocycles. The third-order valence-corrected chi connectivity index (χ3v) is 3.84. The van der Waals surface area contributed by atoms with Crippen LogP contribution in [0.3, 0.4) is 0 Å². The van der Waals surface area contributed by atoms with Crippen LogP contribution in [0.15, 0.2) is 24.3 Å². The van der Waals surface area contributed by atoms with Crippen molar-refractivity contribution in [3.8, 4) is 0 Å². The fraction of sp³-hybridized carbons (Fsp3) is 0.533. The number of carbonyl (C=O) groups is 1. The molecule has 0 aliphatic heterocycles. The van der Waals surface area contributed by atoms with Crippen molar-refractivity contribution < 1.29 is 17.9 Å². The average Bonchev–Trinajstić information content (AvgIpc) is 3.25. The van der Waals surface area contributed by atoms with Gasteiger partial charge in [0.2, 0.25) is 10.0 Å². The monoisotopic (exact) mass is 326 g/mol. The minimum absolute atomic E-state index is 0.223. The number of amides is 1. The molecule has 0 atom stereocenters. The third kappa shape index (κ3) is 6.44. The number of anilines is 1. The second-order valence-corrected chi connectivity index (χ2v) is 7.33. The Labute approximate surface area is 131 Å². The summed E-state index contributed by atoms with van der Waals surface area (Å²) in [5, 5.41) is 2.80. The molecule has 0 saturated heterocycles. The molecule has 0 aromatic heterocycles. The summed E-state index contributed by atoms with van der Waals surface area (Å²) in [6.45, 7) is 2.01. The Balaban J connectivity index is 1.72. The molecule has 1 aliphatic rings. The number of sulfonamides is 1. The maximum Gasteiger partial charge on any atom is 0.251 e. The van der Waals surface area contributed by atoms with Crippen molar-refractivity contribution in [3.05, 3.63) is 29.8 Å². The summed E-state index contributed by atoms with van der Waals surface area (Å²) in [7, 11) is -3.35. The van der Waals surface area contributed by atoms with E-state index in [0.717, 1.165) is 25.2 Å². The molecule has 122 valence electrons. The molecule has 2 rings (SSSR count). The Morgan fingerprint density at radius 2 is 2.14 bits per heavy atom. The van der Waals surface area contributed by atoms with Crippen molar-refractivity contribution >= 4 is 21.6 Å². The van der Waals surface area contributed by atoms with Crippen LogP contribution in [0.4, 0.5) is 5.69 Å². The molecule has 0 bridgehead atoms. The fourth-order valence-corrected chi connectivity index (χ4v) is 2.51. The van der Waals surface area contributed by atoms with Crippen LogP contribution in [0.5, 0.6) is 0 Å². The maximum absolute atomic E-state index is 12.0. The molecule has 1 saturated carbocycles. The Morgan fingerprint density at radius 1 is 1.36 bits per heavy atom. The van der Waals surface area contributed by atoms with E-state index in [9.17, 15) is 13.2 Å². The highest BCUT2D eigenvalue weighted by Crippen LogP contribution is 2.28. The van der Waals surface area contributed by atoms with Crippen molar-refractivity contribution in [2.45, 2.75) is 19.3 Å². The first-order valence-corrected chi connectivity index (χ1v) is 9.27. The maximum atomic E-state index is 12.0. The molecule has 0 unspecified atom stereocenters. The number of benzene rings is 1. The molecule has 7 heteroatoms. The molecule has 1 aromatic rings. The van der Waals surface area contributed by atoms with Gasteiger partial charge in [-0.2, -0.15) is 0 Å². The Morgan fingerprint density at radius 3 is 2.82 bits per heavy atom. The molecule has 0 spiro atoms. The second kappa shape index (κ2) is 7.60. The zero-order valence-electron chi connectivity index (χ0n) is 12.7. The van der Waals surface area contributed by atoms with Gasteiger partial charge in [0, 0.05) is 31.0 Å². The van der Waals surface area contributed by atoms with Gasteiger partial charge >= 0.3 is 0 Å². The Hall–Kier alpha value is -1.60. The first-order chi connectivity index (χ1) is 10.4. The number of rotatable bonds is 9. The van der Waals surface area contributed by atoms with Gasteiger partial charge < -0.3 is 10.1 Å². The molecule has 6 nitrogen and oxygen atoms in total. The number of hydrogen-bond donors (Lipinski definition) is 2. The van der Waals surface area contributed by atoms with E-state index in [0.29, 0.717) is 24.4 Å². The lowest BCUT2D eigenvalue weighted by Crippen LogP contribution is -2.25. The van der Waals surface area contributed by atoms with Crippen LogP contribution < -0.4 is 10.0 Å². The predicted molar refractivity (Wildman–Crippen MR) is 85.4 cm³/mol. The zero-order valence-corrected chi connectivity index (χ0v) is 13.5. The standard InChI is InChI=1S/C15H22N2O4S/c1-22(19,20)17-14-5-2-4-13(10-14)15(18)16-8-3-9-21-11-12-6-7-12/h2,4-5,10,12,17H,3,6-9,11H2,1H3,(H,16,18). The molecule has 1 amide bonds. The second-order valence-electron chi connectivity index (χ2n) is 5.58. The van der Waals surface area contributed by atoms with Crippen LogP contribution in [0.2, 0.25) is 0 Å².